The van der Waals surface area contributed by atoms with E-state index in [1.165, 1.54) is 7.11 Å². The van der Waals surface area contributed by atoms with Crippen molar-refractivity contribution >= 4 is 11.9 Å². The Bertz CT molecular complexity index is 1310. The highest BCUT2D eigenvalue weighted by Crippen LogP contribution is 2.33. The van der Waals surface area contributed by atoms with Crippen LogP contribution in [0.5, 0.6) is 0 Å². The number of aromatic amines is 1. The number of ether oxygens (including phenoxy) is 4. The molecule has 182 valence electrons. The second-order valence-electron chi connectivity index (χ2n) is 7.61. The van der Waals surface area contributed by atoms with Crippen molar-refractivity contribution in [2.75, 3.05) is 13.7 Å². The van der Waals surface area contributed by atoms with Crippen LogP contribution in [-0.4, -0.2) is 53.5 Å². The smallest absolute Gasteiger partial charge is 0.338 e. The van der Waals surface area contributed by atoms with E-state index in [0.717, 1.165) is 4.57 Å². The normalized spacial score (nSPS) is 21.4. The minimum atomic E-state index is -1.30. The maximum Gasteiger partial charge on any atom is 0.338 e. The van der Waals surface area contributed by atoms with Crippen LogP contribution in [0.3, 0.4) is 0 Å². The van der Waals surface area contributed by atoms with Crippen LogP contribution in [0.25, 0.3) is 0 Å². The molecule has 0 bridgehead atoms. The molecule has 1 fully saturated rings. The number of benzene rings is 2. The third-order valence-electron chi connectivity index (χ3n) is 5.40. The minimum absolute atomic E-state index is 0.248. The molecule has 10 nitrogen and oxygen atoms in total. The molecule has 1 saturated heterocycles. The number of carbonyl (C=O) groups is 2. The quantitative estimate of drug-likeness (QED) is 0.502. The number of halogens is 1. The van der Waals surface area contributed by atoms with E-state index in [9.17, 15) is 23.6 Å². The molecule has 0 amide bonds. The molecule has 0 saturated carbocycles. The van der Waals surface area contributed by atoms with Gasteiger partial charge in [0.2, 0.25) is 5.82 Å². The largest absolute Gasteiger partial charge is 0.459 e. The number of aromatic nitrogens is 2. The van der Waals surface area contributed by atoms with Gasteiger partial charge in [0.15, 0.2) is 12.3 Å². The molecule has 4 rings (SSSR count). The van der Waals surface area contributed by atoms with E-state index in [0.29, 0.717) is 11.8 Å². The lowest BCUT2D eigenvalue weighted by atomic mass is 10.1. The number of esters is 2. The van der Waals surface area contributed by atoms with Crippen LogP contribution in [0.1, 0.15) is 26.9 Å². The van der Waals surface area contributed by atoms with Gasteiger partial charge in [-0.2, -0.15) is 4.39 Å². The number of nitrogens with one attached hydrogen (secondary N) is 1. The minimum Gasteiger partial charge on any atom is -0.459 e. The molecule has 11 heteroatoms. The molecule has 3 aromatic rings. The van der Waals surface area contributed by atoms with Crippen molar-refractivity contribution in [3.63, 3.8) is 0 Å². The lowest BCUT2D eigenvalue weighted by Crippen LogP contribution is -2.42. The van der Waals surface area contributed by atoms with Crippen LogP contribution in [0.4, 0.5) is 4.39 Å². The van der Waals surface area contributed by atoms with Gasteiger partial charge in [0, 0.05) is 7.11 Å². The number of H-pyrrole nitrogens is 1. The molecule has 4 unspecified atom stereocenters. The van der Waals surface area contributed by atoms with Crippen molar-refractivity contribution < 1.29 is 32.9 Å². The summed E-state index contributed by atoms with van der Waals surface area (Å²) < 4.78 is 37.0. The zero-order chi connectivity index (χ0) is 24.9. The molecule has 1 aliphatic rings. The van der Waals surface area contributed by atoms with E-state index < -0.39 is 53.5 Å². The first-order chi connectivity index (χ1) is 16.9. The van der Waals surface area contributed by atoms with E-state index >= 15 is 0 Å². The summed E-state index contributed by atoms with van der Waals surface area (Å²) in [4.78, 5) is 50.9. The van der Waals surface area contributed by atoms with Gasteiger partial charge in [-0.3, -0.25) is 14.3 Å². The highest BCUT2D eigenvalue weighted by molar-refractivity contribution is 5.90. The first-order valence-electron chi connectivity index (χ1n) is 10.6. The predicted molar refractivity (Wildman–Crippen MR) is 118 cm³/mol. The third-order valence-corrected chi connectivity index (χ3v) is 5.40. The number of methoxy groups -OCH3 is 1. The number of hydrogen-bond acceptors (Lipinski definition) is 8. The number of hydrogen-bond donors (Lipinski definition) is 1. The number of carbonyl (C=O) groups excluding carboxylic acids is 2. The van der Waals surface area contributed by atoms with Crippen molar-refractivity contribution in [1.82, 2.24) is 9.55 Å². The number of nitrogens with zero attached hydrogens (tertiary/aromatic N) is 1. The van der Waals surface area contributed by atoms with Gasteiger partial charge in [0.05, 0.1) is 17.3 Å². The molecule has 0 aliphatic carbocycles. The summed E-state index contributed by atoms with van der Waals surface area (Å²) in [6, 6.07) is 16.3. The average Bonchev–Trinajstić information content (AvgIpc) is 3.22. The van der Waals surface area contributed by atoms with Gasteiger partial charge in [0.25, 0.3) is 5.56 Å². The van der Waals surface area contributed by atoms with Gasteiger partial charge >= 0.3 is 17.6 Å². The summed E-state index contributed by atoms with van der Waals surface area (Å²) in [5.74, 6) is -2.58. The van der Waals surface area contributed by atoms with Gasteiger partial charge < -0.3 is 18.9 Å². The summed E-state index contributed by atoms with van der Waals surface area (Å²) in [5, 5.41) is 0. The van der Waals surface area contributed by atoms with Gasteiger partial charge in [-0.1, -0.05) is 36.4 Å². The molecule has 1 N–H and O–H groups in total. The van der Waals surface area contributed by atoms with Crippen molar-refractivity contribution in [2.45, 2.75) is 24.5 Å². The Hall–Kier alpha value is -4.09. The topological polar surface area (TPSA) is 126 Å². The maximum atomic E-state index is 14.0. The summed E-state index contributed by atoms with van der Waals surface area (Å²) in [7, 11) is 1.29. The number of rotatable bonds is 7. The zero-order valence-electron chi connectivity index (χ0n) is 18.5. The fourth-order valence-electron chi connectivity index (χ4n) is 3.69. The van der Waals surface area contributed by atoms with Crippen LogP contribution in [0, 0.1) is 5.82 Å². The Morgan fingerprint density at radius 2 is 1.57 bits per heavy atom. The second-order valence-corrected chi connectivity index (χ2v) is 7.61. The molecular formula is C24H21FN2O8. The lowest BCUT2D eigenvalue weighted by molar-refractivity contribution is -0.0661. The molecule has 1 aliphatic heterocycles. The van der Waals surface area contributed by atoms with Crippen LogP contribution >= 0.6 is 0 Å². The predicted octanol–water partition coefficient (Wildman–Crippen LogP) is 1.67. The fraction of sp³-hybridized carbons (Fsp3) is 0.250. The van der Waals surface area contributed by atoms with Crippen molar-refractivity contribution in [1.29, 1.82) is 0 Å². The van der Waals surface area contributed by atoms with Gasteiger partial charge in [-0.15, -0.1) is 0 Å². The second kappa shape index (κ2) is 10.5. The summed E-state index contributed by atoms with van der Waals surface area (Å²) >= 11 is 0. The van der Waals surface area contributed by atoms with Crippen LogP contribution < -0.4 is 11.2 Å². The van der Waals surface area contributed by atoms with Crippen LogP contribution in [0.2, 0.25) is 0 Å². The Kier molecular flexibility index (Phi) is 7.18. The Morgan fingerprint density at radius 1 is 0.971 bits per heavy atom. The molecule has 1 aromatic heterocycles. The maximum absolute atomic E-state index is 14.0. The Balaban J connectivity index is 1.62. The highest BCUT2D eigenvalue weighted by atomic mass is 19.1. The zero-order valence-corrected chi connectivity index (χ0v) is 18.5. The molecule has 35 heavy (non-hydrogen) atoms. The van der Waals surface area contributed by atoms with Gasteiger partial charge in [-0.05, 0) is 24.3 Å². The van der Waals surface area contributed by atoms with E-state index in [1.807, 2.05) is 4.98 Å². The van der Waals surface area contributed by atoms with Gasteiger partial charge in [-0.25, -0.2) is 14.4 Å². The van der Waals surface area contributed by atoms with E-state index in [-0.39, 0.29) is 12.2 Å². The molecule has 2 heterocycles. The Morgan fingerprint density at radius 3 is 2.17 bits per heavy atom. The molecular weight excluding hydrogens is 463 g/mol. The SMILES string of the molecule is COC1C(OC(=O)c2ccccc2)C(COC(=O)c2ccccc2)OC1n1cc(F)c(=O)[nH]c1=O. The first-order valence-corrected chi connectivity index (χ1v) is 10.6. The Labute approximate surface area is 197 Å². The van der Waals surface area contributed by atoms with Crippen LogP contribution in [0.15, 0.2) is 76.4 Å². The lowest BCUT2D eigenvalue weighted by Gasteiger charge is -2.23. The monoisotopic (exact) mass is 484 g/mol. The third kappa shape index (κ3) is 5.20. The molecule has 0 spiro atoms. The van der Waals surface area contributed by atoms with Crippen molar-refractivity contribution in [3.05, 3.63) is 105 Å². The van der Waals surface area contributed by atoms with Crippen molar-refractivity contribution in [3.8, 4) is 0 Å². The van der Waals surface area contributed by atoms with E-state index in [4.69, 9.17) is 18.9 Å². The standard InChI is InChI=1S/C24H21FN2O8/c1-32-19-18(35-23(30)15-10-6-3-7-11-15)17(13-33-22(29)14-8-4-2-5-9-14)34-21(19)27-12-16(25)20(28)26-24(27)31/h2-12,17-19,21H,13H2,1H3,(H,26,28,31). The van der Waals surface area contributed by atoms with E-state index in [1.54, 1.807) is 60.7 Å². The van der Waals surface area contributed by atoms with Crippen molar-refractivity contribution in [2.24, 2.45) is 0 Å². The fourth-order valence-corrected chi connectivity index (χ4v) is 3.69. The average molecular weight is 484 g/mol. The summed E-state index contributed by atoms with van der Waals surface area (Å²) in [5.41, 5.74) is -1.61. The molecule has 2 aromatic carbocycles. The van der Waals surface area contributed by atoms with Gasteiger partial charge in [0.1, 0.15) is 18.8 Å². The van der Waals surface area contributed by atoms with E-state index in [2.05, 4.69) is 0 Å². The summed E-state index contributed by atoms with van der Waals surface area (Å²) in [6.45, 7) is -0.364. The van der Waals surface area contributed by atoms with Crippen LogP contribution in [-0.2, 0) is 18.9 Å². The molecule has 0 radical (unpaired) electrons. The first kappa shape index (κ1) is 24.0. The molecule has 4 atom stereocenters. The summed E-state index contributed by atoms with van der Waals surface area (Å²) in [6.07, 6.45) is -3.96. The highest BCUT2D eigenvalue weighted by Gasteiger charge is 2.49.